The molecule has 1 N–H and O–H groups in total. The number of carbonyl (C=O) groups excluding carboxylic acids is 2. The van der Waals surface area contributed by atoms with E-state index in [1.807, 2.05) is 43.4 Å². The standard InChI is InChI=1S/C9H16O.C8H17NO.C6H6.C5H9NO/c10-8-4-7-9-5-2-1-3-6-9;1-8(2)6-9(3)5-4-7(8)10;1-2-4-6-5-3-1;1-6-4-2-3-5(6)7/h8-9H,1-7H2;7,10H,4-6H2,1-3H3;1-6H;2-4H2,1H3. The van der Waals surface area contributed by atoms with E-state index in [2.05, 4.69) is 25.8 Å². The van der Waals surface area contributed by atoms with E-state index >= 15 is 0 Å². The highest BCUT2D eigenvalue weighted by Crippen LogP contribution is 2.28. The van der Waals surface area contributed by atoms with Gasteiger partial charge in [-0.25, -0.2) is 0 Å². The van der Waals surface area contributed by atoms with Gasteiger partial charge in [-0.3, -0.25) is 4.79 Å². The Labute approximate surface area is 202 Å². The van der Waals surface area contributed by atoms with Gasteiger partial charge in [-0.2, -0.15) is 0 Å². The van der Waals surface area contributed by atoms with E-state index in [1.54, 1.807) is 4.90 Å². The van der Waals surface area contributed by atoms with Crippen LogP contribution in [0.4, 0.5) is 0 Å². The minimum absolute atomic E-state index is 0.0903. The zero-order valence-corrected chi connectivity index (χ0v) is 21.5. The zero-order chi connectivity index (χ0) is 24.5. The summed E-state index contributed by atoms with van der Waals surface area (Å²) in [7, 11) is 3.95. The van der Waals surface area contributed by atoms with Crippen LogP contribution in [0, 0.1) is 11.3 Å². The molecule has 4 rings (SSSR count). The number of benzene rings is 1. The molecule has 1 atom stereocenters. The Morgan fingerprint density at radius 2 is 1.52 bits per heavy atom. The van der Waals surface area contributed by atoms with Crippen LogP contribution in [0.1, 0.15) is 78.1 Å². The van der Waals surface area contributed by atoms with Crippen LogP contribution in [0.5, 0.6) is 0 Å². The van der Waals surface area contributed by atoms with E-state index in [-0.39, 0.29) is 11.5 Å². The molecular formula is C28H48N2O3. The second-order valence-corrected chi connectivity index (χ2v) is 10.4. The number of aliphatic hydroxyl groups excluding tert-OH is 1. The Morgan fingerprint density at radius 3 is 1.88 bits per heavy atom. The van der Waals surface area contributed by atoms with Crippen LogP contribution in [-0.4, -0.2) is 66.9 Å². The van der Waals surface area contributed by atoms with Gasteiger partial charge in [-0.15, -0.1) is 0 Å². The fourth-order valence-electron chi connectivity index (χ4n) is 4.56. The first-order valence-corrected chi connectivity index (χ1v) is 12.8. The number of piperidine rings is 1. The number of likely N-dealkylation sites (tertiary alicyclic amines) is 2. The summed E-state index contributed by atoms with van der Waals surface area (Å²) in [5.41, 5.74) is 0.0903. The number of hydrogen-bond acceptors (Lipinski definition) is 4. The summed E-state index contributed by atoms with van der Waals surface area (Å²) >= 11 is 0. The van der Waals surface area contributed by atoms with Gasteiger partial charge in [0.15, 0.2) is 0 Å². The number of carbonyl (C=O) groups is 2. The molecule has 3 aliphatic rings. The maximum Gasteiger partial charge on any atom is 0.222 e. The van der Waals surface area contributed by atoms with Gasteiger partial charge in [0.1, 0.15) is 6.29 Å². The van der Waals surface area contributed by atoms with Crippen molar-refractivity contribution in [3.05, 3.63) is 36.4 Å². The zero-order valence-electron chi connectivity index (χ0n) is 21.5. The molecule has 1 aromatic carbocycles. The first kappa shape index (κ1) is 29.3. The summed E-state index contributed by atoms with van der Waals surface area (Å²) < 4.78 is 0. The Morgan fingerprint density at radius 1 is 0.939 bits per heavy atom. The SMILES string of the molecule is CN1CCC(O)C(C)(C)C1.CN1CCCC1=O.O=CCCC1CCCCC1.c1ccccc1. The molecule has 2 aliphatic heterocycles. The number of rotatable bonds is 3. The van der Waals surface area contributed by atoms with Crippen molar-refractivity contribution in [1.29, 1.82) is 0 Å². The lowest BCUT2D eigenvalue weighted by molar-refractivity contribution is -0.126. The third-order valence-corrected chi connectivity index (χ3v) is 6.76. The molecule has 33 heavy (non-hydrogen) atoms. The van der Waals surface area contributed by atoms with Gasteiger partial charge < -0.3 is 19.7 Å². The second-order valence-electron chi connectivity index (χ2n) is 10.4. The van der Waals surface area contributed by atoms with Gasteiger partial charge in [0, 0.05) is 44.9 Å². The summed E-state index contributed by atoms with van der Waals surface area (Å²) in [5.74, 6) is 1.17. The number of aldehydes is 1. The molecule has 1 unspecified atom stereocenters. The molecule has 1 aliphatic carbocycles. The van der Waals surface area contributed by atoms with Crippen LogP contribution in [0.15, 0.2) is 36.4 Å². The van der Waals surface area contributed by atoms with Crippen LogP contribution in [0.2, 0.25) is 0 Å². The lowest BCUT2D eigenvalue weighted by Gasteiger charge is -2.40. The van der Waals surface area contributed by atoms with Crippen molar-refractivity contribution in [2.45, 2.75) is 84.2 Å². The molecule has 1 amide bonds. The van der Waals surface area contributed by atoms with Crippen molar-refractivity contribution in [2.24, 2.45) is 11.3 Å². The number of nitrogens with zero attached hydrogens (tertiary/aromatic N) is 2. The average molecular weight is 461 g/mol. The minimum Gasteiger partial charge on any atom is -0.392 e. The molecule has 1 saturated carbocycles. The molecule has 0 spiro atoms. The van der Waals surface area contributed by atoms with Crippen molar-refractivity contribution >= 4 is 12.2 Å². The highest BCUT2D eigenvalue weighted by atomic mass is 16.3. The van der Waals surface area contributed by atoms with Gasteiger partial charge >= 0.3 is 0 Å². The molecule has 1 aromatic rings. The Hall–Kier alpha value is -1.72. The molecular weight excluding hydrogens is 412 g/mol. The fraction of sp³-hybridized carbons (Fsp3) is 0.714. The molecule has 188 valence electrons. The summed E-state index contributed by atoms with van der Waals surface area (Å²) in [4.78, 5) is 24.6. The van der Waals surface area contributed by atoms with Gasteiger partial charge in [0.05, 0.1) is 6.10 Å². The molecule has 3 fully saturated rings. The molecule has 2 heterocycles. The van der Waals surface area contributed by atoms with E-state index in [1.165, 1.54) is 32.1 Å². The van der Waals surface area contributed by atoms with Crippen LogP contribution in [0.25, 0.3) is 0 Å². The van der Waals surface area contributed by atoms with Crippen molar-refractivity contribution in [1.82, 2.24) is 9.80 Å². The second kappa shape index (κ2) is 16.8. The van der Waals surface area contributed by atoms with Gasteiger partial charge in [0.25, 0.3) is 0 Å². The topological polar surface area (TPSA) is 60.9 Å². The first-order chi connectivity index (χ1) is 15.8. The van der Waals surface area contributed by atoms with Crippen LogP contribution in [0.3, 0.4) is 0 Å². The van der Waals surface area contributed by atoms with Crippen molar-refractivity contribution < 1.29 is 14.7 Å². The quantitative estimate of drug-likeness (QED) is 0.632. The Kier molecular flexibility index (Phi) is 14.9. The highest BCUT2D eigenvalue weighted by molar-refractivity contribution is 5.77. The molecule has 5 heteroatoms. The predicted octanol–water partition coefficient (Wildman–Crippen LogP) is 5.18. The fourth-order valence-corrected chi connectivity index (χ4v) is 4.56. The third kappa shape index (κ3) is 13.5. The maximum absolute atomic E-state index is 10.5. The average Bonchev–Trinajstić information content (AvgIpc) is 3.20. The lowest BCUT2D eigenvalue weighted by Crippen LogP contribution is -2.46. The van der Waals surface area contributed by atoms with E-state index in [9.17, 15) is 14.7 Å². The number of hydrogen-bond donors (Lipinski definition) is 1. The summed E-state index contributed by atoms with van der Waals surface area (Å²) in [6, 6.07) is 12.0. The molecule has 0 bridgehead atoms. The first-order valence-electron chi connectivity index (χ1n) is 12.8. The molecule has 0 aromatic heterocycles. The Balaban J connectivity index is 0.000000225. The third-order valence-electron chi connectivity index (χ3n) is 6.76. The molecule has 2 saturated heterocycles. The van der Waals surface area contributed by atoms with Crippen molar-refractivity contribution in [2.75, 3.05) is 33.7 Å². The van der Waals surface area contributed by atoms with E-state index < -0.39 is 0 Å². The maximum atomic E-state index is 10.5. The lowest BCUT2D eigenvalue weighted by atomic mass is 9.81. The summed E-state index contributed by atoms with van der Waals surface area (Å²) in [6.45, 7) is 7.23. The van der Waals surface area contributed by atoms with Gasteiger partial charge in [-0.05, 0) is 32.2 Å². The predicted molar refractivity (Wildman–Crippen MR) is 137 cm³/mol. The van der Waals surface area contributed by atoms with E-state index in [0.717, 1.165) is 63.9 Å². The largest absolute Gasteiger partial charge is 0.392 e. The monoisotopic (exact) mass is 460 g/mol. The van der Waals surface area contributed by atoms with Gasteiger partial charge in [0.2, 0.25) is 5.91 Å². The summed E-state index contributed by atoms with van der Waals surface area (Å²) in [5, 5.41) is 9.53. The highest BCUT2D eigenvalue weighted by Gasteiger charge is 2.32. The van der Waals surface area contributed by atoms with Crippen molar-refractivity contribution in [3.63, 3.8) is 0 Å². The van der Waals surface area contributed by atoms with E-state index in [4.69, 9.17) is 0 Å². The van der Waals surface area contributed by atoms with E-state index in [0.29, 0.717) is 5.91 Å². The van der Waals surface area contributed by atoms with Crippen molar-refractivity contribution in [3.8, 4) is 0 Å². The Bertz CT molecular complexity index is 603. The minimum atomic E-state index is -0.108. The number of aliphatic hydroxyl groups is 1. The van der Waals surface area contributed by atoms with Crippen LogP contribution >= 0.6 is 0 Å². The van der Waals surface area contributed by atoms with Crippen LogP contribution < -0.4 is 0 Å². The summed E-state index contributed by atoms with van der Waals surface area (Å²) in [6.07, 6.45) is 12.5. The van der Waals surface area contributed by atoms with Gasteiger partial charge in [-0.1, -0.05) is 82.3 Å². The number of amides is 1. The smallest absolute Gasteiger partial charge is 0.222 e. The molecule has 5 nitrogen and oxygen atoms in total. The molecule has 0 radical (unpaired) electrons. The van der Waals surface area contributed by atoms with Crippen LogP contribution in [-0.2, 0) is 9.59 Å². The normalized spacial score (nSPS) is 22.6.